The highest BCUT2D eigenvalue weighted by Crippen LogP contribution is 2.41. The summed E-state index contributed by atoms with van der Waals surface area (Å²) in [5.41, 5.74) is -4.04. The fraction of sp³-hybridized carbons (Fsp3) is 0.333. The second-order valence-corrected chi connectivity index (χ2v) is 2.82. The molecule has 6 heteroatoms. The number of aryl methyl sites for hydroxylation is 1. The molecule has 1 rings (SSSR count). The Bertz CT molecular complexity index is 360. The first-order valence-electron chi connectivity index (χ1n) is 3.71. The SMILES string of the molecule is Cc1[c][c]cc(C(F)(F)F)c1C(F)(F)F. The van der Waals surface area contributed by atoms with E-state index in [9.17, 15) is 26.3 Å². The van der Waals surface area contributed by atoms with Gasteiger partial charge < -0.3 is 0 Å². The van der Waals surface area contributed by atoms with Crippen LogP contribution in [0.2, 0.25) is 0 Å². The van der Waals surface area contributed by atoms with Gasteiger partial charge in [-0.2, -0.15) is 26.3 Å². The lowest BCUT2D eigenvalue weighted by Gasteiger charge is -2.16. The topological polar surface area (TPSA) is 0 Å². The number of halogens is 6. The van der Waals surface area contributed by atoms with Crippen LogP contribution in [-0.2, 0) is 12.4 Å². The molecule has 1 aromatic carbocycles. The summed E-state index contributed by atoms with van der Waals surface area (Å²) >= 11 is 0. The lowest BCUT2D eigenvalue weighted by atomic mass is 10.0. The Kier molecular flexibility index (Phi) is 2.71. The van der Waals surface area contributed by atoms with Crippen molar-refractivity contribution in [3.05, 3.63) is 34.9 Å². The summed E-state index contributed by atoms with van der Waals surface area (Å²) in [5, 5.41) is 0. The smallest absolute Gasteiger partial charge is 0.166 e. The quantitative estimate of drug-likeness (QED) is 0.592. The summed E-state index contributed by atoms with van der Waals surface area (Å²) in [6.45, 7) is 0.911. The molecule has 0 fully saturated rings. The molecule has 0 aromatic heterocycles. The van der Waals surface area contributed by atoms with Gasteiger partial charge in [0.25, 0.3) is 0 Å². The minimum absolute atomic E-state index is 0.246. The molecular weight excluding hydrogens is 222 g/mol. The highest BCUT2D eigenvalue weighted by atomic mass is 19.4. The maximum Gasteiger partial charge on any atom is 0.417 e. The van der Waals surface area contributed by atoms with Crippen molar-refractivity contribution in [2.24, 2.45) is 0 Å². The van der Waals surface area contributed by atoms with Gasteiger partial charge in [0.2, 0.25) is 0 Å². The summed E-state index contributed by atoms with van der Waals surface area (Å²) in [6.07, 6.45) is -10.1. The van der Waals surface area contributed by atoms with Crippen molar-refractivity contribution in [3.63, 3.8) is 0 Å². The molecule has 0 spiro atoms. The Morgan fingerprint density at radius 3 is 1.87 bits per heavy atom. The van der Waals surface area contributed by atoms with Crippen LogP contribution in [0.3, 0.4) is 0 Å². The summed E-state index contributed by atoms with van der Waals surface area (Å²) in [6, 6.07) is 4.12. The molecule has 2 radical (unpaired) electrons. The van der Waals surface area contributed by atoms with E-state index in [1.54, 1.807) is 0 Å². The molecule has 0 aliphatic carbocycles. The highest BCUT2D eigenvalue weighted by molar-refractivity contribution is 5.37. The third-order valence-electron chi connectivity index (χ3n) is 1.71. The summed E-state index contributed by atoms with van der Waals surface area (Å²) in [5.74, 6) is 0. The van der Waals surface area contributed by atoms with Crippen LogP contribution in [0.4, 0.5) is 26.3 Å². The number of hydrogen-bond acceptors (Lipinski definition) is 0. The van der Waals surface area contributed by atoms with E-state index >= 15 is 0 Å². The number of rotatable bonds is 0. The molecule has 0 unspecified atom stereocenters. The zero-order valence-electron chi connectivity index (χ0n) is 7.35. The van der Waals surface area contributed by atoms with Gasteiger partial charge in [0.05, 0.1) is 11.1 Å². The van der Waals surface area contributed by atoms with E-state index < -0.39 is 29.0 Å². The Hall–Kier alpha value is -1.20. The van der Waals surface area contributed by atoms with Crippen molar-refractivity contribution >= 4 is 0 Å². The normalized spacial score (nSPS) is 13.0. The Morgan fingerprint density at radius 1 is 1.00 bits per heavy atom. The Morgan fingerprint density at radius 2 is 1.53 bits per heavy atom. The molecule has 0 aliphatic heterocycles. The van der Waals surface area contributed by atoms with Gasteiger partial charge in [0, 0.05) is 0 Å². The lowest BCUT2D eigenvalue weighted by molar-refractivity contribution is -0.162. The van der Waals surface area contributed by atoms with Crippen LogP contribution in [0.1, 0.15) is 16.7 Å². The second kappa shape index (κ2) is 3.43. The van der Waals surface area contributed by atoms with E-state index in [1.807, 2.05) is 12.1 Å². The average molecular weight is 226 g/mol. The summed E-state index contributed by atoms with van der Waals surface area (Å²) in [7, 11) is 0. The first kappa shape index (κ1) is 11.9. The molecule has 0 amide bonds. The van der Waals surface area contributed by atoms with Gasteiger partial charge in [-0.1, -0.05) is 0 Å². The van der Waals surface area contributed by atoms with Crippen LogP contribution in [0, 0.1) is 19.1 Å². The zero-order valence-corrected chi connectivity index (χ0v) is 7.35. The Labute approximate surface area is 81.5 Å². The molecule has 0 atom stereocenters. The van der Waals surface area contributed by atoms with Gasteiger partial charge in [-0.25, -0.2) is 0 Å². The van der Waals surface area contributed by atoms with Gasteiger partial charge in [0.15, 0.2) is 0 Å². The molecule has 0 aliphatic rings. The third kappa shape index (κ3) is 2.43. The van der Waals surface area contributed by atoms with Crippen molar-refractivity contribution in [1.29, 1.82) is 0 Å². The monoisotopic (exact) mass is 226 g/mol. The number of hydrogen-bond donors (Lipinski definition) is 0. The fourth-order valence-corrected chi connectivity index (χ4v) is 1.14. The maximum absolute atomic E-state index is 12.3. The predicted octanol–water partition coefficient (Wildman–Crippen LogP) is 3.63. The van der Waals surface area contributed by atoms with Crippen molar-refractivity contribution in [1.82, 2.24) is 0 Å². The van der Waals surface area contributed by atoms with Gasteiger partial charge in [-0.3, -0.25) is 0 Å². The van der Waals surface area contributed by atoms with Crippen molar-refractivity contribution in [3.8, 4) is 0 Å². The van der Waals surface area contributed by atoms with Gasteiger partial charge in [-0.05, 0) is 30.7 Å². The molecule has 82 valence electrons. The molecule has 0 N–H and O–H groups in total. The molecular formula is C9H4F6. The Balaban J connectivity index is 3.48. The van der Waals surface area contributed by atoms with E-state index in [0.29, 0.717) is 0 Å². The molecule has 0 bridgehead atoms. The van der Waals surface area contributed by atoms with Crippen molar-refractivity contribution in [2.75, 3.05) is 0 Å². The molecule has 0 nitrogen and oxygen atoms in total. The first-order chi connectivity index (χ1) is 6.64. The minimum Gasteiger partial charge on any atom is -0.166 e. The van der Waals surface area contributed by atoms with E-state index in [1.165, 1.54) is 0 Å². The molecule has 15 heavy (non-hydrogen) atoms. The first-order valence-corrected chi connectivity index (χ1v) is 3.71. The zero-order chi connectivity index (χ0) is 11.9. The van der Waals surface area contributed by atoms with Crippen LogP contribution >= 0.6 is 0 Å². The van der Waals surface area contributed by atoms with Crippen LogP contribution in [-0.4, -0.2) is 0 Å². The maximum atomic E-state index is 12.3. The summed E-state index contributed by atoms with van der Waals surface area (Å²) < 4.78 is 73.6. The standard InChI is InChI=1S/C9H4F6/c1-5-3-2-4-6(8(10,11)12)7(5)9(13,14)15/h4H,1H3. The van der Waals surface area contributed by atoms with E-state index in [-0.39, 0.29) is 6.07 Å². The molecule has 1 aromatic rings. The molecule has 0 saturated heterocycles. The van der Waals surface area contributed by atoms with Crippen molar-refractivity contribution < 1.29 is 26.3 Å². The summed E-state index contributed by atoms with van der Waals surface area (Å²) in [4.78, 5) is 0. The fourth-order valence-electron chi connectivity index (χ4n) is 1.14. The second-order valence-electron chi connectivity index (χ2n) is 2.82. The number of benzene rings is 1. The highest BCUT2D eigenvalue weighted by Gasteiger charge is 2.43. The van der Waals surface area contributed by atoms with Crippen molar-refractivity contribution in [2.45, 2.75) is 19.3 Å². The predicted molar refractivity (Wildman–Crippen MR) is 38.9 cm³/mol. The lowest BCUT2D eigenvalue weighted by Crippen LogP contribution is -2.18. The van der Waals surface area contributed by atoms with Gasteiger partial charge in [0.1, 0.15) is 0 Å². The van der Waals surface area contributed by atoms with Crippen LogP contribution in [0.5, 0.6) is 0 Å². The van der Waals surface area contributed by atoms with Crippen LogP contribution in [0.25, 0.3) is 0 Å². The average Bonchev–Trinajstić information content (AvgIpc) is 1.99. The van der Waals surface area contributed by atoms with E-state index in [4.69, 9.17) is 0 Å². The number of alkyl halides is 6. The largest absolute Gasteiger partial charge is 0.417 e. The van der Waals surface area contributed by atoms with Crippen LogP contribution in [0.15, 0.2) is 6.07 Å². The van der Waals surface area contributed by atoms with E-state index in [0.717, 1.165) is 6.92 Å². The van der Waals surface area contributed by atoms with Gasteiger partial charge in [-0.15, -0.1) is 0 Å². The third-order valence-corrected chi connectivity index (χ3v) is 1.71. The molecule has 0 heterocycles. The van der Waals surface area contributed by atoms with E-state index in [2.05, 4.69) is 0 Å². The van der Waals surface area contributed by atoms with Gasteiger partial charge >= 0.3 is 12.4 Å². The van der Waals surface area contributed by atoms with Crippen LogP contribution < -0.4 is 0 Å². The molecule has 0 saturated carbocycles. The minimum atomic E-state index is -5.04.